The summed E-state index contributed by atoms with van der Waals surface area (Å²) in [6.45, 7) is 12.7. The molecule has 2 atom stereocenters. The molecule has 0 bridgehead atoms. The van der Waals surface area contributed by atoms with Crippen molar-refractivity contribution in [3.63, 3.8) is 0 Å². The van der Waals surface area contributed by atoms with Crippen LogP contribution in [-0.2, 0) is 37.6 Å². The van der Waals surface area contributed by atoms with E-state index in [1.54, 1.807) is 21.1 Å². The van der Waals surface area contributed by atoms with Gasteiger partial charge >= 0.3 is 5.69 Å². The number of aliphatic hydroxyl groups is 2. The topological polar surface area (TPSA) is 140 Å². The third-order valence-electron chi connectivity index (χ3n) is 11.9. The molecule has 0 aliphatic heterocycles. The molecule has 0 spiro atoms. The van der Waals surface area contributed by atoms with Crippen LogP contribution in [0.1, 0.15) is 75.6 Å². The van der Waals surface area contributed by atoms with Crippen molar-refractivity contribution in [3.05, 3.63) is 164 Å². The molecule has 5 aromatic rings. The van der Waals surface area contributed by atoms with E-state index in [1.165, 1.54) is 10.8 Å². The van der Waals surface area contributed by atoms with Crippen molar-refractivity contribution in [1.82, 2.24) is 9.13 Å². The van der Waals surface area contributed by atoms with Crippen molar-refractivity contribution in [2.75, 3.05) is 40.6 Å². The maximum Gasteiger partial charge on any atom is 0.335 e. The van der Waals surface area contributed by atoms with Crippen molar-refractivity contribution in [2.24, 2.45) is 0 Å². The number of rotatable bonds is 23. The molecule has 0 radical (unpaired) electrons. The third-order valence-corrected chi connectivity index (χ3v) is 17.9. The summed E-state index contributed by atoms with van der Waals surface area (Å²) >= 11 is 0. The van der Waals surface area contributed by atoms with Crippen LogP contribution in [0.15, 0.2) is 125 Å². The Morgan fingerprint density at radius 1 is 0.677 bits per heavy atom. The summed E-state index contributed by atoms with van der Waals surface area (Å²) < 4.78 is 40.5. The fourth-order valence-corrected chi connectivity index (χ4v) is 14.2. The maximum atomic E-state index is 14.2. The van der Waals surface area contributed by atoms with Crippen molar-refractivity contribution in [2.45, 2.75) is 95.9 Å². The molecular formula is C49H64N2O10Si. The molecule has 0 amide bonds. The second-order valence-corrected chi connectivity index (χ2v) is 22.2. The molecule has 1 unspecified atom stereocenters. The van der Waals surface area contributed by atoms with Gasteiger partial charge in [0.25, 0.3) is 5.56 Å². The SMILES string of the molecule is COc1ccc(C(OC[C@@](CO)(CO[Si](C(C)C)(C(C)C)C(C)C)OC(CO)n2cc(C)c(=O)n(COCc3ccccc3)c2=O)(c2ccccc2)c2ccc(OC)cc2)cc1. The molecule has 12 nitrogen and oxygen atoms in total. The number of nitrogens with zero attached hydrogens (tertiary/aromatic N) is 2. The van der Waals surface area contributed by atoms with Gasteiger partial charge < -0.3 is 38.3 Å². The van der Waals surface area contributed by atoms with Crippen LogP contribution in [-0.4, -0.2) is 73.9 Å². The fraction of sp³-hybridized carbons (Fsp3) is 0.429. The van der Waals surface area contributed by atoms with Gasteiger partial charge in [0.1, 0.15) is 29.4 Å². The smallest absolute Gasteiger partial charge is 0.335 e. The lowest BCUT2D eigenvalue weighted by Gasteiger charge is -2.46. The van der Waals surface area contributed by atoms with Gasteiger partial charge in [0.15, 0.2) is 14.5 Å². The quantitative estimate of drug-likeness (QED) is 0.0491. The third kappa shape index (κ3) is 10.3. The summed E-state index contributed by atoms with van der Waals surface area (Å²) in [5.41, 5.74) is -0.346. The van der Waals surface area contributed by atoms with E-state index in [0.29, 0.717) is 11.5 Å². The summed E-state index contributed by atoms with van der Waals surface area (Å²) in [6, 6.07) is 34.3. The van der Waals surface area contributed by atoms with Crippen molar-refractivity contribution >= 4 is 8.32 Å². The van der Waals surface area contributed by atoms with Gasteiger partial charge in [-0.1, -0.05) is 126 Å². The van der Waals surface area contributed by atoms with E-state index in [2.05, 4.69) is 41.5 Å². The minimum atomic E-state index is -2.63. The summed E-state index contributed by atoms with van der Waals surface area (Å²) in [5, 5.41) is 22.8. The largest absolute Gasteiger partial charge is 0.497 e. The fourth-order valence-electron chi connectivity index (χ4n) is 8.69. The molecule has 62 heavy (non-hydrogen) atoms. The highest BCUT2D eigenvalue weighted by atomic mass is 28.4. The van der Waals surface area contributed by atoms with Crippen LogP contribution in [0.2, 0.25) is 16.6 Å². The molecule has 0 fully saturated rings. The minimum Gasteiger partial charge on any atom is -0.497 e. The van der Waals surface area contributed by atoms with Gasteiger partial charge in [0.05, 0.1) is 47.3 Å². The van der Waals surface area contributed by atoms with Gasteiger partial charge in [-0.05, 0) is 70.1 Å². The Morgan fingerprint density at radius 3 is 1.65 bits per heavy atom. The van der Waals surface area contributed by atoms with Crippen LogP contribution in [0.25, 0.3) is 0 Å². The van der Waals surface area contributed by atoms with Gasteiger partial charge in [-0.3, -0.25) is 9.36 Å². The molecule has 1 aromatic heterocycles. The number of aliphatic hydroxyl groups excluding tert-OH is 2. The Morgan fingerprint density at radius 2 is 1.18 bits per heavy atom. The molecule has 334 valence electrons. The standard InChI is InChI=1S/C49H64N2O10Si/c1-35(2)62(36(3)4,37(5)6)60-33-48(31-53,61-45(29-52)50-28-38(7)46(54)51(47(50)55)34-58-30-39-16-12-10-13-17-39)32-59-49(40-18-14-11-15-19-40,41-20-24-43(56-8)25-21-41)42-22-26-44(57-9)27-23-42/h10-28,35-37,45,52-53H,29-34H2,1-9H3/t45?,48-/m0/s1. The van der Waals surface area contributed by atoms with E-state index < -0.39 is 50.2 Å². The number of aryl methyl sites for hydroxylation is 1. The molecule has 0 saturated heterocycles. The molecular weight excluding hydrogens is 805 g/mol. The molecule has 5 rings (SSSR count). The Hall–Kier alpha value is -4.86. The van der Waals surface area contributed by atoms with E-state index >= 15 is 0 Å². The Kier molecular flexibility index (Phi) is 16.7. The molecule has 2 N–H and O–H groups in total. The van der Waals surface area contributed by atoms with Gasteiger partial charge in [0, 0.05) is 11.8 Å². The van der Waals surface area contributed by atoms with E-state index in [4.69, 9.17) is 28.1 Å². The molecule has 13 heteroatoms. The number of aromatic nitrogens is 2. The molecule has 4 aromatic carbocycles. The average molecular weight is 869 g/mol. The normalized spacial score (nSPS) is 13.7. The van der Waals surface area contributed by atoms with Crippen LogP contribution >= 0.6 is 0 Å². The maximum absolute atomic E-state index is 14.2. The zero-order valence-electron chi connectivity index (χ0n) is 37.6. The number of benzene rings is 4. The first-order valence-electron chi connectivity index (χ1n) is 21.2. The lowest BCUT2D eigenvalue weighted by molar-refractivity contribution is -0.212. The Labute approximate surface area is 366 Å². The highest BCUT2D eigenvalue weighted by molar-refractivity contribution is 6.77. The number of hydrogen-bond donors (Lipinski definition) is 2. The van der Waals surface area contributed by atoms with E-state index in [9.17, 15) is 19.8 Å². The zero-order valence-corrected chi connectivity index (χ0v) is 38.6. The zero-order chi connectivity index (χ0) is 45.1. The first-order chi connectivity index (χ1) is 29.7. The summed E-state index contributed by atoms with van der Waals surface area (Å²) in [5.74, 6) is 1.31. The summed E-state index contributed by atoms with van der Waals surface area (Å²) in [6.07, 6.45) is -0.0237. The van der Waals surface area contributed by atoms with Crippen LogP contribution in [0, 0.1) is 6.92 Å². The first-order valence-corrected chi connectivity index (χ1v) is 23.3. The van der Waals surface area contributed by atoms with Gasteiger partial charge in [-0.15, -0.1) is 0 Å². The highest BCUT2D eigenvalue weighted by Crippen LogP contribution is 2.45. The molecule has 0 saturated carbocycles. The van der Waals surface area contributed by atoms with E-state index in [0.717, 1.165) is 26.8 Å². The van der Waals surface area contributed by atoms with E-state index in [1.807, 2.05) is 109 Å². The number of ether oxygens (including phenoxy) is 5. The summed E-state index contributed by atoms with van der Waals surface area (Å²) in [4.78, 5) is 27.7. The van der Waals surface area contributed by atoms with Crippen molar-refractivity contribution in [3.8, 4) is 11.5 Å². The number of hydrogen-bond acceptors (Lipinski definition) is 10. The van der Waals surface area contributed by atoms with Crippen molar-refractivity contribution in [1.29, 1.82) is 0 Å². The van der Waals surface area contributed by atoms with Crippen LogP contribution in [0.5, 0.6) is 11.5 Å². The molecule has 1 heterocycles. The highest BCUT2D eigenvalue weighted by Gasteiger charge is 2.49. The molecule has 0 aliphatic rings. The van der Waals surface area contributed by atoms with Crippen LogP contribution in [0.3, 0.4) is 0 Å². The Balaban J connectivity index is 1.67. The van der Waals surface area contributed by atoms with E-state index in [-0.39, 0.29) is 48.7 Å². The summed E-state index contributed by atoms with van der Waals surface area (Å²) in [7, 11) is 0.584. The predicted octanol–water partition coefficient (Wildman–Crippen LogP) is 7.95. The lowest BCUT2D eigenvalue weighted by Crippen LogP contribution is -2.56. The van der Waals surface area contributed by atoms with Gasteiger partial charge in [-0.25, -0.2) is 9.36 Å². The monoisotopic (exact) mass is 868 g/mol. The first kappa shape index (κ1) is 48.2. The average Bonchev–Trinajstić information content (AvgIpc) is 3.28. The van der Waals surface area contributed by atoms with Crippen LogP contribution in [0.4, 0.5) is 0 Å². The lowest BCUT2D eigenvalue weighted by atomic mass is 9.79. The Bertz CT molecular complexity index is 2190. The predicted molar refractivity (Wildman–Crippen MR) is 243 cm³/mol. The molecule has 0 aliphatic carbocycles. The van der Waals surface area contributed by atoms with Crippen molar-refractivity contribution < 1.29 is 38.3 Å². The minimum absolute atomic E-state index is 0.135. The second kappa shape index (κ2) is 21.5. The van der Waals surface area contributed by atoms with Gasteiger partial charge in [0.2, 0.25) is 0 Å². The van der Waals surface area contributed by atoms with Crippen LogP contribution < -0.4 is 20.7 Å². The van der Waals surface area contributed by atoms with Gasteiger partial charge in [-0.2, -0.15) is 0 Å². The number of methoxy groups -OCH3 is 2. The second-order valence-electron chi connectivity index (χ2n) is 16.7.